The van der Waals surface area contributed by atoms with E-state index in [-0.39, 0.29) is 5.41 Å². The molecule has 2 atom stereocenters. The molecule has 10 aromatic carbocycles. The number of nitrogens with zero attached hydrogens (tertiary/aromatic N) is 2. The second kappa shape index (κ2) is 22.8. The van der Waals surface area contributed by atoms with Gasteiger partial charge in [-0.2, -0.15) is 0 Å². The first kappa shape index (κ1) is 53.6. The maximum absolute atomic E-state index is 4.09. The molecule has 1 aliphatic heterocycles. The van der Waals surface area contributed by atoms with Crippen molar-refractivity contribution in [2.45, 2.75) is 124 Å². The lowest BCUT2D eigenvalue weighted by Gasteiger charge is -2.37. The molecule has 1 N–H and O–H groups in total. The number of anilines is 8. The van der Waals surface area contributed by atoms with E-state index in [1.807, 2.05) is 0 Å². The van der Waals surface area contributed by atoms with Crippen LogP contribution in [0.25, 0.3) is 44.2 Å². The highest BCUT2D eigenvalue weighted by Gasteiger charge is 2.36. The van der Waals surface area contributed by atoms with Crippen LogP contribution in [0, 0.1) is 6.92 Å². The van der Waals surface area contributed by atoms with E-state index in [0.29, 0.717) is 11.8 Å². The Kier molecular flexibility index (Phi) is 15.1. The lowest BCUT2D eigenvalue weighted by atomic mass is 9.57. The zero-order valence-corrected chi connectivity index (χ0v) is 49.0. The smallest absolute Gasteiger partial charge is 0.198 e. The second-order valence-electron chi connectivity index (χ2n) is 24.0. The molecule has 404 valence electrons. The van der Waals surface area contributed by atoms with Crippen LogP contribution in [0.15, 0.2) is 206 Å². The minimum Gasteiger partial charge on any atom is -0.355 e. The molecular weight excluding hydrogens is 978 g/mol. The third-order valence-corrected chi connectivity index (χ3v) is 18.0. The Morgan fingerprint density at radius 1 is 0.494 bits per heavy atom. The van der Waals surface area contributed by atoms with Crippen molar-refractivity contribution in [2.75, 3.05) is 15.1 Å². The first-order chi connectivity index (χ1) is 39.5. The number of fused-ring (bicyclic) bond motifs is 6. The highest BCUT2D eigenvalue weighted by molar-refractivity contribution is 6.73. The molecule has 0 bridgehead atoms. The molecule has 2 aliphatic rings. The van der Waals surface area contributed by atoms with Gasteiger partial charge in [0.15, 0.2) is 7.28 Å². The number of rotatable bonds is 18. The minimum absolute atomic E-state index is 0.118. The van der Waals surface area contributed by atoms with Crippen molar-refractivity contribution < 1.29 is 0 Å². The summed E-state index contributed by atoms with van der Waals surface area (Å²) in [4.78, 5) is 5.11. The van der Waals surface area contributed by atoms with Gasteiger partial charge in [0.05, 0.1) is 0 Å². The molecule has 0 fully saturated rings. The molecule has 4 heteroatoms. The topological polar surface area (TPSA) is 18.5 Å². The van der Waals surface area contributed by atoms with Gasteiger partial charge in [-0.05, 0) is 201 Å². The van der Waals surface area contributed by atoms with Crippen LogP contribution in [0.2, 0.25) is 0 Å². The number of benzene rings is 10. The lowest BCUT2D eigenvalue weighted by Crippen LogP contribution is -2.41. The van der Waals surface area contributed by atoms with Crippen molar-refractivity contribution in [2.24, 2.45) is 0 Å². The van der Waals surface area contributed by atoms with Crippen LogP contribution < -0.4 is 26.0 Å². The summed E-state index contributed by atoms with van der Waals surface area (Å²) in [6, 6.07) is 79.0. The van der Waals surface area contributed by atoms with Crippen LogP contribution in [-0.4, -0.2) is 7.28 Å². The van der Waals surface area contributed by atoms with E-state index in [1.54, 1.807) is 0 Å². The van der Waals surface area contributed by atoms with Crippen LogP contribution in [-0.2, 0) is 11.8 Å². The molecule has 0 amide bonds. The van der Waals surface area contributed by atoms with Crippen molar-refractivity contribution >= 4 is 74.5 Å². The summed E-state index contributed by atoms with van der Waals surface area (Å²) in [5, 5.41) is 6.51. The van der Waals surface area contributed by atoms with Crippen LogP contribution >= 0.6 is 0 Å². The molecule has 0 radical (unpaired) electrons. The summed E-state index contributed by atoms with van der Waals surface area (Å²) >= 11 is 0. The standard InChI is InChI=1S/C77H78BN3/c1-9-12-14-23-54-30-36-62(37-31-54)80(63-38-32-55(33-39-63)51(4)21-10-2)64-40-42-71-74(50-64)81(73-43-34-57(44-53(73)6)52(5)22-11-3)75-48-60(56-24-15-13-16-25-56)46-68(76(75)78-71)67-45-58-26-17-18-27-59(58)47-72(67)79-61-35-41-66-65-28-19-20-29-69(65)77(7,8)70(66)49-61/h13,15-20,24-52,78-79H,9-12,14,21-23H2,1-8H3/t51-,52-/m0/s1. The molecule has 81 heavy (non-hydrogen) atoms. The molecule has 0 aromatic heterocycles. The highest BCUT2D eigenvalue weighted by atomic mass is 15.2. The maximum atomic E-state index is 4.09. The van der Waals surface area contributed by atoms with E-state index in [0.717, 1.165) is 49.3 Å². The number of hydrogen-bond donors (Lipinski definition) is 1. The van der Waals surface area contributed by atoms with E-state index >= 15 is 0 Å². The Morgan fingerprint density at radius 2 is 1.15 bits per heavy atom. The second-order valence-corrected chi connectivity index (χ2v) is 24.0. The molecule has 10 aromatic rings. The van der Waals surface area contributed by atoms with Gasteiger partial charge in [0.1, 0.15) is 0 Å². The van der Waals surface area contributed by atoms with Crippen LogP contribution in [0.1, 0.15) is 139 Å². The fraction of sp³-hybridized carbons (Fsp3) is 0.247. The van der Waals surface area contributed by atoms with Crippen molar-refractivity contribution in [1.29, 1.82) is 0 Å². The van der Waals surface area contributed by atoms with Gasteiger partial charge in [-0.15, -0.1) is 0 Å². The Hall–Kier alpha value is -8.08. The average Bonchev–Trinajstić information content (AvgIpc) is 3.63. The summed E-state index contributed by atoms with van der Waals surface area (Å²) in [6.07, 6.45) is 9.47. The van der Waals surface area contributed by atoms with Crippen molar-refractivity contribution in [3.63, 3.8) is 0 Å². The van der Waals surface area contributed by atoms with E-state index in [4.69, 9.17) is 0 Å². The van der Waals surface area contributed by atoms with Crippen molar-refractivity contribution in [3.05, 3.63) is 240 Å². The molecule has 0 saturated carbocycles. The number of unbranched alkanes of at least 4 members (excludes halogenated alkanes) is 2. The van der Waals surface area contributed by atoms with Gasteiger partial charge < -0.3 is 15.1 Å². The molecule has 12 rings (SSSR count). The summed E-state index contributed by atoms with van der Waals surface area (Å²) in [5.41, 5.74) is 27.4. The van der Waals surface area contributed by atoms with Crippen LogP contribution in [0.5, 0.6) is 0 Å². The summed E-state index contributed by atoms with van der Waals surface area (Å²) < 4.78 is 0. The number of aryl methyl sites for hydroxylation is 2. The van der Waals surface area contributed by atoms with Crippen LogP contribution in [0.4, 0.5) is 45.5 Å². The van der Waals surface area contributed by atoms with Gasteiger partial charge in [0, 0.05) is 56.5 Å². The van der Waals surface area contributed by atoms with E-state index in [9.17, 15) is 0 Å². The average molecular weight is 1060 g/mol. The largest absolute Gasteiger partial charge is 0.355 e. The van der Waals surface area contributed by atoms with Gasteiger partial charge in [-0.1, -0.05) is 207 Å². The molecular formula is C77H78BN3. The normalized spacial score (nSPS) is 13.7. The Bertz CT molecular complexity index is 3890. The van der Waals surface area contributed by atoms with Gasteiger partial charge in [0.2, 0.25) is 0 Å². The first-order valence-electron chi connectivity index (χ1n) is 30.3. The SMILES string of the molecule is CCCCCc1ccc(N(c2ccc([C@@H](C)CCC)cc2)c2ccc3c(c2)N(c2ccc([C@@H](C)CCC)cc2C)c2cc(-c4ccccc4)cc(-c4cc5ccccc5cc4Nc4ccc5c(c4)C(C)(C)c4ccccc4-5)c2B3)cc1. The minimum atomic E-state index is -0.118. The zero-order chi connectivity index (χ0) is 55.8. The Morgan fingerprint density at radius 3 is 1.88 bits per heavy atom. The van der Waals surface area contributed by atoms with E-state index in [2.05, 4.69) is 277 Å². The Labute approximate surface area is 484 Å². The Balaban J connectivity index is 1.06. The number of nitrogens with one attached hydrogen (secondary N) is 1. The summed E-state index contributed by atoms with van der Waals surface area (Å²) in [6.45, 7) is 18.7. The third kappa shape index (κ3) is 10.4. The van der Waals surface area contributed by atoms with Gasteiger partial charge >= 0.3 is 0 Å². The third-order valence-electron chi connectivity index (χ3n) is 18.0. The fourth-order valence-corrected chi connectivity index (χ4v) is 13.4. The van der Waals surface area contributed by atoms with Gasteiger partial charge in [-0.25, -0.2) is 0 Å². The summed E-state index contributed by atoms with van der Waals surface area (Å²) in [5.74, 6) is 0.981. The maximum Gasteiger partial charge on any atom is 0.198 e. The van der Waals surface area contributed by atoms with Gasteiger partial charge in [-0.3, -0.25) is 0 Å². The molecule has 3 nitrogen and oxygen atoms in total. The summed E-state index contributed by atoms with van der Waals surface area (Å²) in [7, 11) is 0.768. The molecule has 0 unspecified atom stereocenters. The molecule has 0 spiro atoms. The quantitative estimate of drug-likeness (QED) is 0.0682. The highest BCUT2D eigenvalue weighted by Crippen LogP contribution is 2.51. The number of hydrogen-bond acceptors (Lipinski definition) is 3. The van der Waals surface area contributed by atoms with Crippen molar-refractivity contribution in [3.8, 4) is 33.4 Å². The van der Waals surface area contributed by atoms with Crippen molar-refractivity contribution in [1.82, 2.24) is 0 Å². The lowest BCUT2D eigenvalue weighted by molar-refractivity contribution is 0.660. The van der Waals surface area contributed by atoms with Crippen LogP contribution in [0.3, 0.4) is 0 Å². The predicted octanol–water partition coefficient (Wildman–Crippen LogP) is 20.7. The molecule has 1 heterocycles. The molecule has 0 saturated heterocycles. The fourth-order valence-electron chi connectivity index (χ4n) is 13.4. The first-order valence-corrected chi connectivity index (χ1v) is 30.3. The monoisotopic (exact) mass is 1060 g/mol. The van der Waals surface area contributed by atoms with E-state index in [1.165, 1.54) is 143 Å². The van der Waals surface area contributed by atoms with E-state index < -0.39 is 0 Å². The molecule has 1 aliphatic carbocycles. The zero-order valence-electron chi connectivity index (χ0n) is 49.0. The predicted molar refractivity (Wildman–Crippen MR) is 353 cm³/mol. The van der Waals surface area contributed by atoms with Gasteiger partial charge in [0.25, 0.3) is 0 Å².